The molecule has 1 fully saturated rings. The first-order chi connectivity index (χ1) is 12.7. The average molecular weight is 351 g/mol. The Morgan fingerprint density at radius 2 is 2.23 bits per heavy atom. The van der Waals surface area contributed by atoms with Crippen molar-refractivity contribution in [3.8, 4) is 0 Å². The molecule has 7 heteroatoms. The molecular weight excluding hydrogens is 330 g/mol. The van der Waals surface area contributed by atoms with Crippen LogP contribution in [0.3, 0.4) is 0 Å². The van der Waals surface area contributed by atoms with Crippen molar-refractivity contribution in [1.29, 1.82) is 0 Å². The molecule has 0 spiro atoms. The number of pyridine rings is 1. The number of hydrogen-bond donors (Lipinski definition) is 0. The van der Waals surface area contributed by atoms with Gasteiger partial charge in [0, 0.05) is 37.1 Å². The molecule has 0 aromatic carbocycles. The number of imidazole rings is 1. The standard InChI is InChI=1S/C19H21N5O2/c1-14-3-2-4-17(21-14)19(25)23-9-10-26-13-15(12-23)11-16-5-6-18-20-7-8-24(18)22-16/h2-8,15H,9-13H2,1H3/t15-/m0/s1. The van der Waals surface area contributed by atoms with Crippen molar-refractivity contribution in [2.75, 3.05) is 26.3 Å². The number of fused-ring (bicyclic) bond motifs is 1. The summed E-state index contributed by atoms with van der Waals surface area (Å²) in [6, 6.07) is 9.47. The minimum absolute atomic E-state index is 0.0396. The van der Waals surface area contributed by atoms with Crippen molar-refractivity contribution in [2.24, 2.45) is 5.92 Å². The van der Waals surface area contributed by atoms with Crippen molar-refractivity contribution in [3.05, 3.63) is 59.8 Å². The lowest BCUT2D eigenvalue weighted by atomic mass is 10.0. The molecule has 7 nitrogen and oxygen atoms in total. The smallest absolute Gasteiger partial charge is 0.272 e. The third-order valence-electron chi connectivity index (χ3n) is 4.54. The van der Waals surface area contributed by atoms with E-state index in [0.29, 0.717) is 32.0 Å². The zero-order valence-corrected chi connectivity index (χ0v) is 14.7. The quantitative estimate of drug-likeness (QED) is 0.719. The van der Waals surface area contributed by atoms with Gasteiger partial charge in [0.05, 0.1) is 18.9 Å². The van der Waals surface area contributed by atoms with Gasteiger partial charge in [-0.05, 0) is 37.6 Å². The summed E-state index contributed by atoms with van der Waals surface area (Å²) in [5.41, 5.74) is 3.13. The molecule has 1 aliphatic heterocycles. The number of rotatable bonds is 3. The molecule has 0 unspecified atom stereocenters. The van der Waals surface area contributed by atoms with Gasteiger partial charge in [-0.2, -0.15) is 5.10 Å². The molecule has 4 rings (SSSR count). The zero-order chi connectivity index (χ0) is 17.9. The van der Waals surface area contributed by atoms with Gasteiger partial charge < -0.3 is 9.64 Å². The number of aromatic nitrogens is 4. The number of carbonyl (C=O) groups is 1. The van der Waals surface area contributed by atoms with E-state index in [9.17, 15) is 4.79 Å². The van der Waals surface area contributed by atoms with Gasteiger partial charge in [-0.25, -0.2) is 14.5 Å². The van der Waals surface area contributed by atoms with Crippen LogP contribution in [-0.2, 0) is 11.2 Å². The predicted octanol–water partition coefficient (Wildman–Crippen LogP) is 1.76. The lowest BCUT2D eigenvalue weighted by molar-refractivity contribution is 0.0731. The third-order valence-corrected chi connectivity index (χ3v) is 4.54. The molecule has 4 heterocycles. The fourth-order valence-corrected chi connectivity index (χ4v) is 3.27. The van der Waals surface area contributed by atoms with Crippen LogP contribution in [0, 0.1) is 12.8 Å². The highest BCUT2D eigenvalue weighted by molar-refractivity contribution is 5.92. The van der Waals surface area contributed by atoms with E-state index in [2.05, 4.69) is 15.1 Å². The molecule has 1 saturated heterocycles. The van der Waals surface area contributed by atoms with E-state index < -0.39 is 0 Å². The van der Waals surface area contributed by atoms with Crippen LogP contribution in [0.25, 0.3) is 5.65 Å². The van der Waals surface area contributed by atoms with Crippen LogP contribution in [-0.4, -0.2) is 56.7 Å². The first-order valence-corrected chi connectivity index (χ1v) is 8.79. The maximum atomic E-state index is 12.8. The molecule has 1 amide bonds. The number of aryl methyl sites for hydroxylation is 1. The van der Waals surface area contributed by atoms with E-state index in [1.54, 1.807) is 16.8 Å². The van der Waals surface area contributed by atoms with E-state index in [1.807, 2.05) is 42.3 Å². The summed E-state index contributed by atoms with van der Waals surface area (Å²) in [6.45, 7) is 4.27. The Bertz CT molecular complexity index is 923. The minimum Gasteiger partial charge on any atom is -0.379 e. The van der Waals surface area contributed by atoms with Crippen LogP contribution >= 0.6 is 0 Å². The minimum atomic E-state index is -0.0396. The molecule has 0 radical (unpaired) electrons. The summed E-state index contributed by atoms with van der Waals surface area (Å²) < 4.78 is 7.50. The van der Waals surface area contributed by atoms with E-state index >= 15 is 0 Å². The first kappa shape index (κ1) is 16.7. The Morgan fingerprint density at radius 1 is 1.31 bits per heavy atom. The second-order valence-electron chi connectivity index (χ2n) is 6.62. The molecule has 0 saturated carbocycles. The van der Waals surface area contributed by atoms with Crippen molar-refractivity contribution in [3.63, 3.8) is 0 Å². The monoisotopic (exact) mass is 351 g/mol. The highest BCUT2D eigenvalue weighted by Gasteiger charge is 2.24. The maximum Gasteiger partial charge on any atom is 0.272 e. The van der Waals surface area contributed by atoms with Gasteiger partial charge in [0.2, 0.25) is 0 Å². The van der Waals surface area contributed by atoms with Crippen LogP contribution in [0.1, 0.15) is 21.9 Å². The summed E-state index contributed by atoms with van der Waals surface area (Å²) in [7, 11) is 0. The van der Waals surface area contributed by atoms with Crippen molar-refractivity contribution < 1.29 is 9.53 Å². The first-order valence-electron chi connectivity index (χ1n) is 8.79. The number of amides is 1. The Morgan fingerprint density at radius 3 is 3.12 bits per heavy atom. The molecule has 1 atom stereocenters. The zero-order valence-electron chi connectivity index (χ0n) is 14.7. The van der Waals surface area contributed by atoms with Gasteiger partial charge in [0.1, 0.15) is 5.69 Å². The number of ether oxygens (including phenoxy) is 1. The molecule has 134 valence electrons. The van der Waals surface area contributed by atoms with Crippen LogP contribution < -0.4 is 0 Å². The van der Waals surface area contributed by atoms with E-state index in [1.165, 1.54) is 0 Å². The van der Waals surface area contributed by atoms with Gasteiger partial charge in [-0.3, -0.25) is 4.79 Å². The summed E-state index contributed by atoms with van der Waals surface area (Å²) in [5.74, 6) is 0.155. The molecule has 1 aliphatic rings. The van der Waals surface area contributed by atoms with Crippen molar-refractivity contribution in [1.82, 2.24) is 24.5 Å². The van der Waals surface area contributed by atoms with Gasteiger partial charge in [-0.1, -0.05) is 6.07 Å². The molecule has 0 N–H and O–H groups in total. The Hall–Kier alpha value is -2.80. The van der Waals surface area contributed by atoms with E-state index in [-0.39, 0.29) is 11.8 Å². The molecule has 3 aromatic heterocycles. The summed E-state index contributed by atoms with van der Waals surface area (Å²) in [4.78, 5) is 23.2. The maximum absolute atomic E-state index is 12.8. The third kappa shape index (κ3) is 3.57. The fraction of sp³-hybridized carbons (Fsp3) is 0.368. The number of carbonyl (C=O) groups excluding carboxylic acids is 1. The number of nitrogens with zero attached hydrogens (tertiary/aromatic N) is 5. The van der Waals surface area contributed by atoms with Gasteiger partial charge in [-0.15, -0.1) is 0 Å². The lowest BCUT2D eigenvalue weighted by Crippen LogP contribution is -2.37. The Balaban J connectivity index is 1.49. The highest BCUT2D eigenvalue weighted by Crippen LogP contribution is 2.15. The lowest BCUT2D eigenvalue weighted by Gasteiger charge is -2.23. The summed E-state index contributed by atoms with van der Waals surface area (Å²) in [6.07, 6.45) is 4.32. The van der Waals surface area contributed by atoms with E-state index in [0.717, 1.165) is 23.5 Å². The largest absolute Gasteiger partial charge is 0.379 e. The van der Waals surface area contributed by atoms with Crippen molar-refractivity contribution >= 4 is 11.6 Å². The van der Waals surface area contributed by atoms with Crippen LogP contribution in [0.2, 0.25) is 0 Å². The second-order valence-corrected chi connectivity index (χ2v) is 6.62. The van der Waals surface area contributed by atoms with Crippen LogP contribution in [0.4, 0.5) is 0 Å². The van der Waals surface area contributed by atoms with E-state index in [4.69, 9.17) is 4.74 Å². The van der Waals surface area contributed by atoms with Crippen LogP contribution in [0.15, 0.2) is 42.7 Å². The summed E-state index contributed by atoms with van der Waals surface area (Å²) in [5, 5.41) is 4.58. The second kappa shape index (κ2) is 7.21. The molecule has 26 heavy (non-hydrogen) atoms. The molecule has 0 aliphatic carbocycles. The Labute approximate surface area is 151 Å². The number of hydrogen-bond acceptors (Lipinski definition) is 5. The molecule has 3 aromatic rings. The van der Waals surface area contributed by atoms with Gasteiger partial charge >= 0.3 is 0 Å². The fourth-order valence-electron chi connectivity index (χ4n) is 3.27. The van der Waals surface area contributed by atoms with Crippen LogP contribution in [0.5, 0.6) is 0 Å². The normalized spacial score (nSPS) is 18.0. The van der Waals surface area contributed by atoms with Gasteiger partial charge in [0.25, 0.3) is 5.91 Å². The molecule has 0 bridgehead atoms. The van der Waals surface area contributed by atoms with Crippen molar-refractivity contribution in [2.45, 2.75) is 13.3 Å². The topological polar surface area (TPSA) is 72.6 Å². The van der Waals surface area contributed by atoms with Gasteiger partial charge in [0.15, 0.2) is 5.65 Å². The summed E-state index contributed by atoms with van der Waals surface area (Å²) >= 11 is 0. The highest BCUT2D eigenvalue weighted by atomic mass is 16.5. The average Bonchev–Trinajstić information content (AvgIpc) is 2.99. The predicted molar refractivity (Wildman–Crippen MR) is 95.9 cm³/mol. The SMILES string of the molecule is Cc1cccc(C(=O)N2CCOC[C@@H](Cc3ccc4nccn4n3)C2)n1. The Kier molecular flexibility index (Phi) is 4.62. The molecular formula is C19H21N5O2.